The van der Waals surface area contributed by atoms with Gasteiger partial charge in [-0.1, -0.05) is 31.5 Å². The molecule has 0 radical (unpaired) electrons. The van der Waals surface area contributed by atoms with Crippen LogP contribution in [-0.4, -0.2) is 11.2 Å². The van der Waals surface area contributed by atoms with Crippen molar-refractivity contribution >= 4 is 11.6 Å². The molecular weight excluding hydrogens is 136 g/mol. The summed E-state index contributed by atoms with van der Waals surface area (Å²) >= 11 is 5.26. The highest BCUT2D eigenvalue weighted by molar-refractivity contribution is 6.25. The first kappa shape index (κ1) is 8.99. The fraction of sp³-hybridized carbons (Fsp3) is 0.714. The second-order valence-electron chi connectivity index (χ2n) is 2.41. The quantitative estimate of drug-likeness (QED) is 0.650. The molecule has 0 aliphatic rings. The van der Waals surface area contributed by atoms with Gasteiger partial charge in [0, 0.05) is 5.54 Å². The zero-order valence-electron chi connectivity index (χ0n) is 5.84. The first-order valence-electron chi connectivity index (χ1n) is 3.11. The lowest BCUT2D eigenvalue weighted by Gasteiger charge is -2.10. The van der Waals surface area contributed by atoms with E-state index in [2.05, 4.69) is 0 Å². The van der Waals surface area contributed by atoms with Gasteiger partial charge >= 0.3 is 0 Å². The molecule has 1 atom stereocenters. The summed E-state index contributed by atoms with van der Waals surface area (Å²) in [6.07, 6.45) is 2.16. The summed E-state index contributed by atoms with van der Waals surface area (Å²) in [6, 6.07) is 0. The molecule has 54 valence electrons. The zero-order chi connectivity index (χ0) is 7.28. The van der Waals surface area contributed by atoms with Gasteiger partial charge in [0.25, 0.3) is 0 Å². The standard InChI is InChI=1S/C7H13ClO/c1-6(2)7(9)4-3-5-8/h3,5-7,9H,4H2,1-2H3/b5-3+. The van der Waals surface area contributed by atoms with Gasteiger partial charge in [0.2, 0.25) is 0 Å². The van der Waals surface area contributed by atoms with Gasteiger partial charge in [0.15, 0.2) is 0 Å². The third-order valence-corrected chi connectivity index (χ3v) is 1.41. The SMILES string of the molecule is CC(C)C(O)C/C=C/Cl. The molecule has 0 aliphatic carbocycles. The third-order valence-electron chi connectivity index (χ3n) is 1.24. The monoisotopic (exact) mass is 148 g/mol. The van der Waals surface area contributed by atoms with Gasteiger partial charge in [0.1, 0.15) is 0 Å². The van der Waals surface area contributed by atoms with Crippen molar-refractivity contribution in [2.24, 2.45) is 5.92 Å². The van der Waals surface area contributed by atoms with E-state index in [0.717, 1.165) is 0 Å². The van der Waals surface area contributed by atoms with E-state index >= 15 is 0 Å². The molecule has 0 rings (SSSR count). The Morgan fingerprint density at radius 1 is 1.56 bits per heavy atom. The summed E-state index contributed by atoms with van der Waals surface area (Å²) in [5.41, 5.74) is 1.44. The van der Waals surface area contributed by atoms with Crippen LogP contribution in [0.2, 0.25) is 0 Å². The summed E-state index contributed by atoms with van der Waals surface area (Å²) in [4.78, 5) is 0. The highest BCUT2D eigenvalue weighted by Crippen LogP contribution is 2.05. The molecule has 1 nitrogen and oxygen atoms in total. The molecule has 0 aromatic carbocycles. The molecule has 1 unspecified atom stereocenters. The first-order chi connectivity index (χ1) is 4.18. The van der Waals surface area contributed by atoms with Gasteiger partial charge in [-0.25, -0.2) is 0 Å². The Labute approximate surface area is 61.3 Å². The number of hydrogen-bond donors (Lipinski definition) is 1. The van der Waals surface area contributed by atoms with Gasteiger partial charge in [-0.05, 0) is 12.3 Å². The Kier molecular flexibility index (Phi) is 4.83. The Hall–Kier alpha value is -0.0100. The summed E-state index contributed by atoms with van der Waals surface area (Å²) in [6.45, 7) is 3.96. The van der Waals surface area contributed by atoms with Crippen LogP contribution in [0.25, 0.3) is 0 Å². The second-order valence-corrected chi connectivity index (χ2v) is 2.66. The largest absolute Gasteiger partial charge is 0.393 e. The number of halogens is 1. The normalized spacial score (nSPS) is 15.2. The van der Waals surface area contributed by atoms with Crippen molar-refractivity contribution in [3.05, 3.63) is 11.6 Å². The van der Waals surface area contributed by atoms with E-state index < -0.39 is 0 Å². The Morgan fingerprint density at radius 2 is 2.11 bits per heavy atom. The Morgan fingerprint density at radius 3 is 2.44 bits per heavy atom. The molecular formula is C7H13ClO. The van der Waals surface area contributed by atoms with Gasteiger partial charge < -0.3 is 5.11 Å². The minimum absolute atomic E-state index is 0.250. The molecule has 1 N–H and O–H groups in total. The highest BCUT2D eigenvalue weighted by atomic mass is 35.5. The van der Waals surface area contributed by atoms with E-state index in [0.29, 0.717) is 12.3 Å². The lowest BCUT2D eigenvalue weighted by atomic mass is 10.1. The molecule has 9 heavy (non-hydrogen) atoms. The molecule has 0 aromatic rings. The maximum Gasteiger partial charge on any atom is 0.0597 e. The van der Waals surface area contributed by atoms with Gasteiger partial charge in [0.05, 0.1) is 6.10 Å². The second kappa shape index (κ2) is 4.83. The minimum atomic E-state index is -0.250. The van der Waals surface area contributed by atoms with Crippen molar-refractivity contribution in [1.29, 1.82) is 0 Å². The number of aliphatic hydroxyl groups is 1. The van der Waals surface area contributed by atoms with Gasteiger partial charge in [-0.3, -0.25) is 0 Å². The summed E-state index contributed by atoms with van der Waals surface area (Å²) in [5.74, 6) is 0.317. The smallest absolute Gasteiger partial charge is 0.0597 e. The van der Waals surface area contributed by atoms with E-state index in [9.17, 15) is 0 Å². The van der Waals surface area contributed by atoms with E-state index in [1.807, 2.05) is 13.8 Å². The van der Waals surface area contributed by atoms with Crippen molar-refractivity contribution < 1.29 is 5.11 Å². The van der Waals surface area contributed by atoms with Crippen LogP contribution in [0.15, 0.2) is 11.6 Å². The minimum Gasteiger partial charge on any atom is -0.393 e. The van der Waals surface area contributed by atoms with Crippen LogP contribution in [0.1, 0.15) is 20.3 Å². The van der Waals surface area contributed by atoms with Crippen molar-refractivity contribution in [3.8, 4) is 0 Å². The predicted molar refractivity (Wildman–Crippen MR) is 40.5 cm³/mol. The molecule has 0 saturated heterocycles. The van der Waals surface area contributed by atoms with Crippen LogP contribution in [-0.2, 0) is 0 Å². The maximum atomic E-state index is 9.15. The number of aliphatic hydroxyl groups excluding tert-OH is 1. The van der Waals surface area contributed by atoms with Gasteiger partial charge in [-0.2, -0.15) is 0 Å². The lowest BCUT2D eigenvalue weighted by molar-refractivity contribution is 0.128. The maximum absolute atomic E-state index is 9.15. The van der Waals surface area contributed by atoms with E-state index in [4.69, 9.17) is 16.7 Å². The molecule has 0 aromatic heterocycles. The van der Waals surface area contributed by atoms with E-state index in [1.165, 1.54) is 5.54 Å². The predicted octanol–water partition coefficient (Wildman–Crippen LogP) is 2.15. The van der Waals surface area contributed by atoms with Gasteiger partial charge in [-0.15, -0.1) is 0 Å². The summed E-state index contributed by atoms with van der Waals surface area (Å²) < 4.78 is 0. The average molecular weight is 149 g/mol. The Balaban J connectivity index is 3.38. The highest BCUT2D eigenvalue weighted by Gasteiger charge is 2.05. The molecule has 0 saturated carbocycles. The van der Waals surface area contributed by atoms with Crippen molar-refractivity contribution in [2.45, 2.75) is 26.4 Å². The first-order valence-corrected chi connectivity index (χ1v) is 3.55. The van der Waals surface area contributed by atoms with Crippen molar-refractivity contribution in [1.82, 2.24) is 0 Å². The molecule has 0 aliphatic heterocycles. The van der Waals surface area contributed by atoms with E-state index in [-0.39, 0.29) is 6.10 Å². The van der Waals surface area contributed by atoms with Crippen LogP contribution < -0.4 is 0 Å². The summed E-state index contributed by atoms with van der Waals surface area (Å²) in [5, 5.41) is 9.15. The number of rotatable bonds is 3. The van der Waals surface area contributed by atoms with Crippen LogP contribution in [0.3, 0.4) is 0 Å². The fourth-order valence-electron chi connectivity index (χ4n) is 0.463. The van der Waals surface area contributed by atoms with Crippen LogP contribution in [0, 0.1) is 5.92 Å². The molecule has 0 fully saturated rings. The lowest BCUT2D eigenvalue weighted by Crippen LogP contribution is -2.12. The third kappa shape index (κ3) is 4.49. The van der Waals surface area contributed by atoms with Crippen molar-refractivity contribution in [2.75, 3.05) is 0 Å². The molecule has 0 amide bonds. The molecule has 0 spiro atoms. The molecule has 2 heteroatoms. The van der Waals surface area contributed by atoms with E-state index in [1.54, 1.807) is 6.08 Å². The van der Waals surface area contributed by atoms with Crippen molar-refractivity contribution in [3.63, 3.8) is 0 Å². The topological polar surface area (TPSA) is 20.2 Å². The fourth-order valence-corrected chi connectivity index (χ4v) is 0.566. The summed E-state index contributed by atoms with van der Waals surface area (Å²) in [7, 11) is 0. The van der Waals surface area contributed by atoms with Crippen LogP contribution in [0.4, 0.5) is 0 Å². The Bertz CT molecular complexity index is 88.9. The number of hydrogen-bond acceptors (Lipinski definition) is 1. The van der Waals surface area contributed by atoms with Crippen LogP contribution >= 0.6 is 11.6 Å². The average Bonchev–Trinajstić information content (AvgIpc) is 1.82. The molecule has 0 bridgehead atoms. The molecule has 0 heterocycles. The van der Waals surface area contributed by atoms with Crippen LogP contribution in [0.5, 0.6) is 0 Å². The zero-order valence-corrected chi connectivity index (χ0v) is 6.60.